The first-order valence-corrected chi connectivity index (χ1v) is 5.05. The highest BCUT2D eigenvalue weighted by Crippen LogP contribution is 2.21. The zero-order chi connectivity index (χ0) is 9.68. The van der Waals surface area contributed by atoms with Gasteiger partial charge < -0.3 is 9.84 Å². The first-order chi connectivity index (χ1) is 6.26. The van der Waals surface area contributed by atoms with Gasteiger partial charge in [0.25, 0.3) is 0 Å². The molecular weight excluding hydrogens is 186 g/mol. The molecule has 0 saturated carbocycles. The van der Waals surface area contributed by atoms with E-state index in [4.69, 9.17) is 9.84 Å². The van der Waals surface area contributed by atoms with Gasteiger partial charge in [0, 0.05) is 23.3 Å². The van der Waals surface area contributed by atoms with Crippen molar-refractivity contribution in [2.45, 2.75) is 6.54 Å². The molecule has 1 N–H and O–H groups in total. The van der Waals surface area contributed by atoms with Crippen molar-refractivity contribution in [3.05, 3.63) is 16.3 Å². The highest BCUT2D eigenvalue weighted by molar-refractivity contribution is 7.10. The molecule has 3 nitrogen and oxygen atoms in total. The molecule has 0 amide bonds. The van der Waals surface area contributed by atoms with Crippen LogP contribution in [-0.2, 0) is 6.54 Å². The summed E-state index contributed by atoms with van der Waals surface area (Å²) in [5.41, 5.74) is 0. The summed E-state index contributed by atoms with van der Waals surface area (Å²) >= 11 is 1.68. The van der Waals surface area contributed by atoms with E-state index in [0.717, 1.165) is 12.3 Å². The smallest absolute Gasteiger partial charge is 0.129 e. The van der Waals surface area contributed by atoms with Crippen molar-refractivity contribution in [1.82, 2.24) is 4.90 Å². The second-order valence-corrected chi connectivity index (χ2v) is 3.91. The van der Waals surface area contributed by atoms with Gasteiger partial charge in [-0.1, -0.05) is 0 Å². The van der Waals surface area contributed by atoms with Gasteiger partial charge in [0.05, 0.1) is 13.7 Å². The third kappa shape index (κ3) is 3.34. The normalized spacial score (nSPS) is 10.8. The molecule has 1 aromatic rings. The van der Waals surface area contributed by atoms with E-state index in [9.17, 15) is 0 Å². The Hall–Kier alpha value is -0.580. The zero-order valence-corrected chi connectivity index (χ0v) is 8.80. The lowest BCUT2D eigenvalue weighted by Gasteiger charge is -2.12. The lowest BCUT2D eigenvalue weighted by atomic mass is 10.4. The van der Waals surface area contributed by atoms with E-state index in [1.165, 1.54) is 4.88 Å². The third-order valence-electron chi connectivity index (χ3n) is 1.77. The highest BCUT2D eigenvalue weighted by Gasteiger charge is 2.02. The minimum absolute atomic E-state index is 0.207. The van der Waals surface area contributed by atoms with Gasteiger partial charge in [-0.3, -0.25) is 4.90 Å². The molecule has 0 aliphatic carbocycles. The SMILES string of the molecule is COc1csc(CN(C)CCO)c1. The van der Waals surface area contributed by atoms with Crippen molar-refractivity contribution in [3.8, 4) is 5.75 Å². The summed E-state index contributed by atoms with van der Waals surface area (Å²) in [4.78, 5) is 3.33. The molecule has 0 saturated heterocycles. The molecule has 0 radical (unpaired) electrons. The molecule has 1 heterocycles. The Kier molecular flexibility index (Phi) is 4.21. The van der Waals surface area contributed by atoms with E-state index in [2.05, 4.69) is 4.90 Å². The summed E-state index contributed by atoms with van der Waals surface area (Å²) in [5.74, 6) is 0.914. The quantitative estimate of drug-likeness (QED) is 0.776. The van der Waals surface area contributed by atoms with Gasteiger partial charge in [0.1, 0.15) is 5.75 Å². The second-order valence-electron chi connectivity index (χ2n) is 2.91. The number of rotatable bonds is 5. The average molecular weight is 201 g/mol. The first-order valence-electron chi connectivity index (χ1n) is 4.17. The Morgan fingerprint density at radius 2 is 2.38 bits per heavy atom. The number of ether oxygens (including phenoxy) is 1. The van der Waals surface area contributed by atoms with Crippen molar-refractivity contribution < 1.29 is 9.84 Å². The summed E-state index contributed by atoms with van der Waals surface area (Å²) in [7, 11) is 3.66. The van der Waals surface area contributed by atoms with Crippen LogP contribution in [-0.4, -0.2) is 37.3 Å². The number of methoxy groups -OCH3 is 1. The molecule has 0 aliphatic rings. The van der Waals surface area contributed by atoms with Gasteiger partial charge in [-0.2, -0.15) is 0 Å². The van der Waals surface area contributed by atoms with Crippen LogP contribution in [0.2, 0.25) is 0 Å². The molecular formula is C9H15NO2S. The summed E-state index contributed by atoms with van der Waals surface area (Å²) < 4.78 is 5.08. The van der Waals surface area contributed by atoms with Crippen LogP contribution in [0.15, 0.2) is 11.4 Å². The molecule has 1 rings (SSSR count). The standard InChI is InChI=1S/C9H15NO2S/c1-10(3-4-11)6-9-5-8(12-2)7-13-9/h5,7,11H,3-4,6H2,1-2H3. The molecule has 0 fully saturated rings. The van der Waals surface area contributed by atoms with Crippen LogP contribution >= 0.6 is 11.3 Å². The molecule has 0 aliphatic heterocycles. The number of thiophene rings is 1. The number of hydrogen-bond donors (Lipinski definition) is 1. The van der Waals surface area contributed by atoms with E-state index in [0.29, 0.717) is 6.54 Å². The van der Waals surface area contributed by atoms with Crippen LogP contribution in [0.4, 0.5) is 0 Å². The van der Waals surface area contributed by atoms with E-state index in [1.807, 2.05) is 18.5 Å². The fraction of sp³-hybridized carbons (Fsp3) is 0.556. The average Bonchev–Trinajstić information content (AvgIpc) is 2.52. The fourth-order valence-corrected chi connectivity index (χ4v) is 1.98. The molecule has 13 heavy (non-hydrogen) atoms. The molecule has 74 valence electrons. The molecule has 1 aromatic heterocycles. The molecule has 0 atom stereocenters. The third-order valence-corrected chi connectivity index (χ3v) is 2.67. The van der Waals surface area contributed by atoms with Gasteiger partial charge in [-0.25, -0.2) is 0 Å². The predicted octanol–water partition coefficient (Wildman–Crippen LogP) is 1.18. The largest absolute Gasteiger partial charge is 0.496 e. The highest BCUT2D eigenvalue weighted by atomic mass is 32.1. The van der Waals surface area contributed by atoms with Crippen LogP contribution in [0.3, 0.4) is 0 Å². The summed E-state index contributed by atoms with van der Waals surface area (Å²) in [6.07, 6.45) is 0. The molecule has 0 bridgehead atoms. The van der Waals surface area contributed by atoms with E-state index < -0.39 is 0 Å². The van der Waals surface area contributed by atoms with Crippen LogP contribution in [0.25, 0.3) is 0 Å². The Balaban J connectivity index is 2.44. The number of aliphatic hydroxyl groups excluding tert-OH is 1. The first kappa shape index (κ1) is 10.5. The molecule has 0 unspecified atom stereocenters. The van der Waals surface area contributed by atoms with E-state index in [1.54, 1.807) is 18.4 Å². The van der Waals surface area contributed by atoms with Gasteiger partial charge in [-0.15, -0.1) is 11.3 Å². The number of nitrogens with zero attached hydrogens (tertiary/aromatic N) is 1. The minimum atomic E-state index is 0.207. The van der Waals surface area contributed by atoms with Crippen molar-refractivity contribution in [3.63, 3.8) is 0 Å². The fourth-order valence-electron chi connectivity index (χ4n) is 1.07. The Morgan fingerprint density at radius 3 is 2.92 bits per heavy atom. The number of hydrogen-bond acceptors (Lipinski definition) is 4. The van der Waals surface area contributed by atoms with Gasteiger partial charge in [0.15, 0.2) is 0 Å². The van der Waals surface area contributed by atoms with Crippen LogP contribution in [0.5, 0.6) is 5.75 Å². The molecule has 4 heteroatoms. The minimum Gasteiger partial charge on any atom is -0.496 e. The Bertz CT molecular complexity index is 250. The summed E-state index contributed by atoms with van der Waals surface area (Å²) in [5, 5.41) is 10.7. The Morgan fingerprint density at radius 1 is 1.62 bits per heavy atom. The lowest BCUT2D eigenvalue weighted by molar-refractivity contribution is 0.218. The van der Waals surface area contributed by atoms with Gasteiger partial charge >= 0.3 is 0 Å². The summed E-state index contributed by atoms with van der Waals surface area (Å²) in [6.45, 7) is 1.79. The van der Waals surface area contributed by atoms with Crippen molar-refractivity contribution in [2.75, 3.05) is 27.3 Å². The topological polar surface area (TPSA) is 32.7 Å². The van der Waals surface area contributed by atoms with Crippen molar-refractivity contribution in [1.29, 1.82) is 0 Å². The maximum Gasteiger partial charge on any atom is 0.129 e. The molecule has 0 spiro atoms. The van der Waals surface area contributed by atoms with E-state index >= 15 is 0 Å². The zero-order valence-electron chi connectivity index (χ0n) is 7.99. The van der Waals surface area contributed by atoms with Crippen molar-refractivity contribution >= 4 is 11.3 Å². The predicted molar refractivity (Wildman–Crippen MR) is 54.3 cm³/mol. The maximum absolute atomic E-state index is 8.70. The lowest BCUT2D eigenvalue weighted by Crippen LogP contribution is -2.20. The Labute approximate surface area is 82.6 Å². The van der Waals surface area contributed by atoms with Crippen LogP contribution in [0, 0.1) is 0 Å². The van der Waals surface area contributed by atoms with Gasteiger partial charge in [0.2, 0.25) is 0 Å². The number of aliphatic hydroxyl groups is 1. The maximum atomic E-state index is 8.70. The van der Waals surface area contributed by atoms with Crippen LogP contribution < -0.4 is 4.74 Å². The van der Waals surface area contributed by atoms with E-state index in [-0.39, 0.29) is 6.61 Å². The monoisotopic (exact) mass is 201 g/mol. The van der Waals surface area contributed by atoms with Gasteiger partial charge in [-0.05, 0) is 13.1 Å². The number of likely N-dealkylation sites (N-methyl/N-ethyl adjacent to an activating group) is 1. The van der Waals surface area contributed by atoms with Crippen LogP contribution in [0.1, 0.15) is 4.88 Å². The molecule has 0 aromatic carbocycles. The van der Waals surface area contributed by atoms with Crippen molar-refractivity contribution in [2.24, 2.45) is 0 Å². The summed E-state index contributed by atoms with van der Waals surface area (Å²) in [6, 6.07) is 2.03. The second kappa shape index (κ2) is 5.21.